The highest BCUT2D eigenvalue weighted by Crippen LogP contribution is 2.16. The van der Waals surface area contributed by atoms with Crippen LogP contribution in [0.2, 0.25) is 0 Å². The number of hydrogen-bond donors (Lipinski definition) is 0. The first kappa shape index (κ1) is 77.3. The lowest BCUT2D eigenvalue weighted by atomic mass is 10.0. The Balaban J connectivity index is 4.40. The zero-order chi connectivity index (χ0) is 59.2. The van der Waals surface area contributed by atoms with Gasteiger partial charge >= 0.3 is 17.9 Å². The highest BCUT2D eigenvalue weighted by molar-refractivity contribution is 5.71. The third-order valence-electron chi connectivity index (χ3n) is 14.1. The van der Waals surface area contributed by atoms with E-state index in [0.717, 1.165) is 128 Å². The molecule has 0 heterocycles. The highest BCUT2D eigenvalue weighted by Gasteiger charge is 2.19. The second kappa shape index (κ2) is 68.8. The minimum Gasteiger partial charge on any atom is -0.462 e. The lowest BCUT2D eigenvalue weighted by Gasteiger charge is -2.18. The fourth-order valence-corrected chi connectivity index (χ4v) is 9.03. The standard InChI is InChI=1S/C76H124O6/c1-4-7-10-13-16-19-22-25-28-30-31-32-33-34-35-36-37-38-39-40-41-42-43-44-45-47-48-51-54-57-60-63-66-69-75(78)81-72-73(71-80-74(77)68-65-62-59-56-53-50-27-24-21-18-15-12-9-6-3)82-76(79)70-67-64-61-58-55-52-49-46-29-26-23-20-17-14-11-8-5-2/h7,10,16-17,19-20,25-26,28-29,31-32,34-35,37-38,40-41,43-44,47-48,54,57,73H,4-6,8-9,11-15,18,21-24,27,30,33,36,39,42,45-46,49-53,55-56,58-72H2,1-3H3/b10-7-,19-16-,20-17-,28-25-,29-26-,32-31-,35-34-,38-37-,41-40-,44-43-,48-47-,57-54-. The summed E-state index contributed by atoms with van der Waals surface area (Å²) >= 11 is 0. The maximum Gasteiger partial charge on any atom is 0.306 e. The summed E-state index contributed by atoms with van der Waals surface area (Å²) in [6.45, 7) is 6.47. The molecule has 0 rings (SSSR count). The van der Waals surface area contributed by atoms with E-state index in [4.69, 9.17) is 14.2 Å². The zero-order valence-corrected chi connectivity index (χ0v) is 53.2. The van der Waals surface area contributed by atoms with E-state index in [0.29, 0.717) is 25.7 Å². The van der Waals surface area contributed by atoms with Crippen molar-refractivity contribution in [3.05, 3.63) is 146 Å². The van der Waals surface area contributed by atoms with Crippen LogP contribution in [0.1, 0.15) is 297 Å². The predicted octanol–water partition coefficient (Wildman–Crippen LogP) is 23.5. The Morgan fingerprint density at radius 1 is 0.256 bits per heavy atom. The average molecular weight is 1130 g/mol. The number of carbonyl (C=O) groups is 3. The number of rotatable bonds is 60. The zero-order valence-electron chi connectivity index (χ0n) is 53.2. The van der Waals surface area contributed by atoms with Gasteiger partial charge in [-0.15, -0.1) is 0 Å². The molecule has 1 atom stereocenters. The Kier molecular flexibility index (Phi) is 64.8. The van der Waals surface area contributed by atoms with Gasteiger partial charge in [0.15, 0.2) is 6.10 Å². The molecule has 1 unspecified atom stereocenters. The van der Waals surface area contributed by atoms with E-state index in [1.54, 1.807) is 0 Å². The monoisotopic (exact) mass is 1130 g/mol. The van der Waals surface area contributed by atoms with Gasteiger partial charge in [0.1, 0.15) is 13.2 Å². The van der Waals surface area contributed by atoms with Gasteiger partial charge in [0, 0.05) is 19.3 Å². The van der Waals surface area contributed by atoms with Crippen molar-refractivity contribution in [3.63, 3.8) is 0 Å². The number of allylic oxidation sites excluding steroid dienone is 24. The lowest BCUT2D eigenvalue weighted by Crippen LogP contribution is -2.30. The third kappa shape index (κ3) is 66.1. The molecule has 0 amide bonds. The maximum atomic E-state index is 12.9. The van der Waals surface area contributed by atoms with Gasteiger partial charge in [-0.3, -0.25) is 14.4 Å². The van der Waals surface area contributed by atoms with Crippen LogP contribution >= 0.6 is 0 Å². The van der Waals surface area contributed by atoms with E-state index >= 15 is 0 Å². The quantitative estimate of drug-likeness (QED) is 0.0261. The van der Waals surface area contributed by atoms with Gasteiger partial charge in [-0.1, -0.05) is 295 Å². The van der Waals surface area contributed by atoms with Crippen molar-refractivity contribution in [2.75, 3.05) is 13.2 Å². The molecule has 0 spiro atoms. The minimum absolute atomic E-state index is 0.0966. The Morgan fingerprint density at radius 2 is 0.476 bits per heavy atom. The molecular weight excluding hydrogens is 1010 g/mol. The summed E-state index contributed by atoms with van der Waals surface area (Å²) in [6.07, 6.45) is 98.6. The van der Waals surface area contributed by atoms with E-state index in [9.17, 15) is 14.4 Å². The lowest BCUT2D eigenvalue weighted by molar-refractivity contribution is -0.167. The molecule has 0 aromatic heterocycles. The molecule has 0 aromatic carbocycles. The van der Waals surface area contributed by atoms with Crippen LogP contribution in [-0.2, 0) is 28.6 Å². The topological polar surface area (TPSA) is 78.9 Å². The second-order valence-corrected chi connectivity index (χ2v) is 22.0. The van der Waals surface area contributed by atoms with Crippen LogP contribution in [0.4, 0.5) is 0 Å². The summed E-state index contributed by atoms with van der Waals surface area (Å²) in [5, 5.41) is 0. The van der Waals surface area contributed by atoms with Crippen molar-refractivity contribution in [2.45, 2.75) is 303 Å². The van der Waals surface area contributed by atoms with Gasteiger partial charge in [-0.2, -0.15) is 0 Å². The molecule has 0 radical (unpaired) electrons. The van der Waals surface area contributed by atoms with E-state index < -0.39 is 6.10 Å². The molecule has 464 valence electrons. The molecule has 0 aromatic rings. The van der Waals surface area contributed by atoms with Crippen molar-refractivity contribution in [3.8, 4) is 0 Å². The Morgan fingerprint density at radius 3 is 0.793 bits per heavy atom. The SMILES string of the molecule is CC/C=C\C/C=C\C/C=C\C/C=C\C/C=C\C/C=C\C/C=C\C/C=C\C/C=C\C/C=C\CCCCC(=O)OCC(COC(=O)CCCCCCCCCCCCCCCC)OC(=O)CCCCCCCCC/C=C\C/C=C\CCCCC. The van der Waals surface area contributed by atoms with Crippen LogP contribution in [-0.4, -0.2) is 37.2 Å². The first-order valence-corrected chi connectivity index (χ1v) is 33.8. The van der Waals surface area contributed by atoms with Crippen LogP contribution in [0.25, 0.3) is 0 Å². The predicted molar refractivity (Wildman–Crippen MR) is 357 cm³/mol. The number of hydrogen-bond acceptors (Lipinski definition) is 6. The molecule has 6 nitrogen and oxygen atoms in total. The summed E-state index contributed by atoms with van der Waals surface area (Å²) in [5.74, 6) is -0.946. The molecule has 0 fully saturated rings. The molecule has 82 heavy (non-hydrogen) atoms. The van der Waals surface area contributed by atoms with Crippen LogP contribution in [0.5, 0.6) is 0 Å². The molecule has 6 heteroatoms. The third-order valence-corrected chi connectivity index (χ3v) is 14.1. The normalized spacial score (nSPS) is 13.1. The van der Waals surface area contributed by atoms with Gasteiger partial charge in [-0.05, 0) is 128 Å². The van der Waals surface area contributed by atoms with Gasteiger partial charge in [-0.25, -0.2) is 0 Å². The Bertz CT molecular complexity index is 1780. The molecule has 0 saturated carbocycles. The fraction of sp³-hybridized carbons (Fsp3) is 0.645. The molecule has 0 aliphatic heterocycles. The molecular formula is C76H124O6. The van der Waals surface area contributed by atoms with E-state index in [1.807, 2.05) is 0 Å². The van der Waals surface area contributed by atoms with Crippen LogP contribution in [0.15, 0.2) is 146 Å². The second-order valence-electron chi connectivity index (χ2n) is 22.0. The first-order valence-electron chi connectivity index (χ1n) is 33.8. The number of esters is 3. The number of unbranched alkanes of at least 4 members (excludes halogenated alkanes) is 25. The number of ether oxygens (including phenoxy) is 3. The smallest absolute Gasteiger partial charge is 0.306 e. The van der Waals surface area contributed by atoms with Gasteiger partial charge < -0.3 is 14.2 Å². The summed E-state index contributed by atoms with van der Waals surface area (Å²) < 4.78 is 16.9. The van der Waals surface area contributed by atoms with Crippen molar-refractivity contribution >= 4 is 17.9 Å². The van der Waals surface area contributed by atoms with E-state index in [2.05, 4.69) is 167 Å². The van der Waals surface area contributed by atoms with Crippen LogP contribution in [0, 0.1) is 0 Å². The summed E-state index contributed by atoms with van der Waals surface area (Å²) in [6, 6.07) is 0. The molecule has 0 aliphatic rings. The Hall–Kier alpha value is -4.71. The van der Waals surface area contributed by atoms with E-state index in [-0.39, 0.29) is 31.1 Å². The highest BCUT2D eigenvalue weighted by atomic mass is 16.6. The van der Waals surface area contributed by atoms with Gasteiger partial charge in [0.25, 0.3) is 0 Å². The van der Waals surface area contributed by atoms with Crippen molar-refractivity contribution in [2.24, 2.45) is 0 Å². The summed E-state index contributed by atoms with van der Waals surface area (Å²) in [5.41, 5.74) is 0. The van der Waals surface area contributed by atoms with Crippen molar-refractivity contribution in [1.82, 2.24) is 0 Å². The molecule has 0 saturated heterocycles. The molecule has 0 aliphatic carbocycles. The van der Waals surface area contributed by atoms with Crippen molar-refractivity contribution in [1.29, 1.82) is 0 Å². The first-order chi connectivity index (χ1) is 40.5. The maximum absolute atomic E-state index is 12.9. The van der Waals surface area contributed by atoms with Crippen LogP contribution in [0.3, 0.4) is 0 Å². The van der Waals surface area contributed by atoms with Gasteiger partial charge in [0.05, 0.1) is 0 Å². The van der Waals surface area contributed by atoms with Crippen LogP contribution < -0.4 is 0 Å². The molecule has 0 bridgehead atoms. The Labute approximate surface area is 506 Å². The summed E-state index contributed by atoms with van der Waals surface area (Å²) in [7, 11) is 0. The van der Waals surface area contributed by atoms with Crippen molar-refractivity contribution < 1.29 is 28.6 Å². The fourth-order valence-electron chi connectivity index (χ4n) is 9.03. The summed E-state index contributed by atoms with van der Waals surface area (Å²) in [4.78, 5) is 38.3. The van der Waals surface area contributed by atoms with E-state index in [1.165, 1.54) is 122 Å². The average Bonchev–Trinajstić information content (AvgIpc) is 3.47. The number of carbonyl (C=O) groups excluding carboxylic acids is 3. The van der Waals surface area contributed by atoms with Gasteiger partial charge in [0.2, 0.25) is 0 Å². The minimum atomic E-state index is -0.805. The molecule has 0 N–H and O–H groups in total. The largest absolute Gasteiger partial charge is 0.462 e.